The maximum atomic E-state index is 11.5. The van der Waals surface area contributed by atoms with Gasteiger partial charge in [0.25, 0.3) is 5.69 Å². The van der Waals surface area contributed by atoms with Gasteiger partial charge in [-0.05, 0) is 13.0 Å². The molecule has 0 radical (unpaired) electrons. The molecule has 1 aromatic carbocycles. The Balaban J connectivity index is 3.12. The second-order valence-corrected chi connectivity index (χ2v) is 3.30. The molecule has 0 heterocycles. The summed E-state index contributed by atoms with van der Waals surface area (Å²) in [4.78, 5) is 9.98. The molecule has 0 fully saturated rings. The number of nitrogens with zero attached hydrogens (tertiary/aromatic N) is 1. The van der Waals surface area contributed by atoms with Gasteiger partial charge in [-0.1, -0.05) is 0 Å². The van der Waals surface area contributed by atoms with E-state index in [-0.39, 0.29) is 5.75 Å². The number of quaternary nitrogens is 1. The second-order valence-electron chi connectivity index (χ2n) is 3.30. The highest BCUT2D eigenvalue weighted by molar-refractivity contribution is 5.56. The van der Waals surface area contributed by atoms with Crippen molar-refractivity contribution in [3.8, 4) is 11.5 Å². The molecular weight excluding hydrogens is 212 g/mol. The van der Waals surface area contributed by atoms with Gasteiger partial charge in [-0.2, -0.15) is 0 Å². The van der Waals surface area contributed by atoms with Crippen molar-refractivity contribution >= 4 is 5.69 Å². The lowest BCUT2D eigenvalue weighted by molar-refractivity contribution is -0.667. The molecule has 0 aliphatic carbocycles. The highest BCUT2D eigenvalue weighted by Crippen LogP contribution is 2.34. The maximum Gasteiger partial charge on any atom is 0.265 e. The van der Waals surface area contributed by atoms with Crippen molar-refractivity contribution < 1.29 is 20.1 Å². The Hall–Kier alpha value is -1.82. The van der Waals surface area contributed by atoms with E-state index in [2.05, 4.69) is 0 Å². The molecule has 0 unspecified atom stereocenters. The minimum atomic E-state index is -0.680. The average molecular weight is 226 g/mol. The van der Waals surface area contributed by atoms with Crippen LogP contribution in [0, 0.1) is 10.1 Å². The third kappa shape index (κ3) is 2.60. The van der Waals surface area contributed by atoms with Crippen LogP contribution in [0.3, 0.4) is 0 Å². The Morgan fingerprint density at radius 3 is 2.69 bits per heavy atom. The van der Waals surface area contributed by atoms with Crippen LogP contribution in [0.1, 0.15) is 12.5 Å². The van der Waals surface area contributed by atoms with Gasteiger partial charge in [0.15, 0.2) is 0 Å². The Bertz CT molecular complexity index is 393. The van der Waals surface area contributed by atoms with Crippen LogP contribution in [0.5, 0.6) is 11.5 Å². The van der Waals surface area contributed by atoms with Crippen LogP contribution in [-0.2, 0) is 6.54 Å². The molecule has 1 aromatic rings. The Morgan fingerprint density at radius 2 is 2.19 bits per heavy atom. The highest BCUT2D eigenvalue weighted by atomic mass is 16.6. The van der Waals surface area contributed by atoms with E-state index in [0.717, 1.165) is 6.54 Å². The Labute approximate surface area is 93.0 Å². The standard InChI is InChI=1S/C10H14N2O4/c1-3-11-6-7-4-8(12(14)15)10(13)9(5-7)16-2/h4-5,11,13H,3,6H2,1-2H3. The number of nitro groups is 1. The third-order valence-corrected chi connectivity index (χ3v) is 2.18. The number of nitrogens with two attached hydrogens (primary N) is 1. The summed E-state index contributed by atoms with van der Waals surface area (Å²) < 4.78 is 4.83. The molecule has 0 aliphatic rings. The lowest BCUT2D eigenvalue weighted by atomic mass is 10.1. The third-order valence-electron chi connectivity index (χ3n) is 2.18. The Morgan fingerprint density at radius 1 is 1.50 bits per heavy atom. The topological polar surface area (TPSA) is 92.0 Å². The summed E-state index contributed by atoms with van der Waals surface area (Å²) in [6, 6.07) is 2.85. The lowest BCUT2D eigenvalue weighted by Crippen LogP contribution is -2.81. The summed E-state index contributed by atoms with van der Waals surface area (Å²) in [5.74, 6) is -0.651. The molecule has 0 atom stereocenters. The van der Waals surface area contributed by atoms with E-state index in [1.807, 2.05) is 12.2 Å². The van der Waals surface area contributed by atoms with E-state index in [4.69, 9.17) is 4.74 Å². The number of rotatable bonds is 5. The van der Waals surface area contributed by atoms with Crippen LogP contribution >= 0.6 is 0 Å². The van der Waals surface area contributed by atoms with E-state index in [9.17, 15) is 15.2 Å². The number of ether oxygens (including phenoxy) is 1. The fourth-order valence-electron chi connectivity index (χ4n) is 1.36. The lowest BCUT2D eigenvalue weighted by Gasteiger charge is -2.13. The van der Waals surface area contributed by atoms with Gasteiger partial charge in [0.2, 0.25) is 0 Å². The second kappa shape index (κ2) is 5.32. The van der Waals surface area contributed by atoms with E-state index in [1.165, 1.54) is 13.2 Å². The van der Waals surface area contributed by atoms with Crippen molar-refractivity contribution in [2.45, 2.75) is 13.5 Å². The van der Waals surface area contributed by atoms with Crippen LogP contribution in [0.25, 0.3) is 0 Å². The molecule has 0 saturated heterocycles. The molecule has 2 N–H and O–H groups in total. The van der Waals surface area contributed by atoms with Gasteiger partial charge in [-0.15, -0.1) is 0 Å². The zero-order valence-electron chi connectivity index (χ0n) is 9.23. The number of nitro benzene ring substituents is 1. The minimum Gasteiger partial charge on any atom is -0.865 e. The van der Waals surface area contributed by atoms with Crippen molar-refractivity contribution in [2.24, 2.45) is 0 Å². The van der Waals surface area contributed by atoms with Crippen molar-refractivity contribution in [3.63, 3.8) is 0 Å². The zero-order chi connectivity index (χ0) is 12.1. The SMILES string of the molecule is CC[NH2+]Cc1cc(OC)c([O-])c([N+](=O)[O-])c1. The summed E-state index contributed by atoms with van der Waals surface area (Å²) in [7, 11) is 1.33. The van der Waals surface area contributed by atoms with Gasteiger partial charge in [-0.25, -0.2) is 0 Å². The number of benzene rings is 1. The molecule has 88 valence electrons. The summed E-state index contributed by atoms with van der Waals surface area (Å²) in [6.45, 7) is 3.44. The zero-order valence-corrected chi connectivity index (χ0v) is 9.23. The molecule has 6 nitrogen and oxygen atoms in total. The predicted molar refractivity (Wildman–Crippen MR) is 55.3 cm³/mol. The summed E-state index contributed by atoms with van der Waals surface area (Å²) in [6.07, 6.45) is 0. The van der Waals surface area contributed by atoms with Gasteiger partial charge in [-0.3, -0.25) is 10.1 Å². The van der Waals surface area contributed by atoms with Gasteiger partial charge in [0, 0.05) is 17.4 Å². The van der Waals surface area contributed by atoms with Crippen molar-refractivity contribution in [3.05, 3.63) is 27.8 Å². The van der Waals surface area contributed by atoms with Gasteiger partial charge in [0.05, 0.1) is 18.6 Å². The van der Waals surface area contributed by atoms with Crippen LogP contribution in [-0.4, -0.2) is 18.6 Å². The molecule has 0 bridgehead atoms. The van der Waals surface area contributed by atoms with Crippen LogP contribution in [0.15, 0.2) is 12.1 Å². The predicted octanol–water partition coefficient (Wildman–Crippen LogP) is -0.240. The van der Waals surface area contributed by atoms with E-state index >= 15 is 0 Å². The molecule has 0 saturated carbocycles. The summed E-state index contributed by atoms with van der Waals surface area (Å²) in [5.41, 5.74) is 0.281. The van der Waals surface area contributed by atoms with Crippen LogP contribution < -0.4 is 15.2 Å². The molecule has 0 amide bonds. The smallest absolute Gasteiger partial charge is 0.265 e. The first-order chi connectivity index (χ1) is 7.60. The molecule has 0 spiro atoms. The Kier molecular flexibility index (Phi) is 4.07. The van der Waals surface area contributed by atoms with Crippen LogP contribution in [0.2, 0.25) is 0 Å². The number of methoxy groups -OCH3 is 1. The number of hydrogen-bond acceptors (Lipinski definition) is 4. The molecule has 16 heavy (non-hydrogen) atoms. The fourth-order valence-corrected chi connectivity index (χ4v) is 1.36. The fraction of sp³-hybridized carbons (Fsp3) is 0.400. The van der Waals surface area contributed by atoms with E-state index in [1.54, 1.807) is 6.07 Å². The average Bonchev–Trinajstić information content (AvgIpc) is 2.27. The largest absolute Gasteiger partial charge is 0.865 e. The van der Waals surface area contributed by atoms with E-state index in [0.29, 0.717) is 12.1 Å². The van der Waals surface area contributed by atoms with Crippen LogP contribution in [0.4, 0.5) is 5.69 Å². The maximum absolute atomic E-state index is 11.5. The van der Waals surface area contributed by atoms with Gasteiger partial charge in [0.1, 0.15) is 12.3 Å². The first-order valence-electron chi connectivity index (χ1n) is 4.94. The van der Waals surface area contributed by atoms with Crippen molar-refractivity contribution in [1.29, 1.82) is 0 Å². The minimum absolute atomic E-state index is 0.0219. The molecular formula is C10H14N2O4. The van der Waals surface area contributed by atoms with Crippen molar-refractivity contribution in [1.82, 2.24) is 0 Å². The molecule has 1 rings (SSSR count). The number of hydrogen-bond donors (Lipinski definition) is 1. The molecule has 0 aliphatic heterocycles. The molecule has 0 aromatic heterocycles. The molecule has 6 heteroatoms. The quantitative estimate of drug-likeness (QED) is 0.554. The first kappa shape index (κ1) is 12.3. The van der Waals surface area contributed by atoms with Gasteiger partial charge >= 0.3 is 0 Å². The van der Waals surface area contributed by atoms with E-state index < -0.39 is 16.4 Å². The summed E-state index contributed by atoms with van der Waals surface area (Å²) in [5, 5.41) is 24.1. The van der Waals surface area contributed by atoms with Gasteiger partial charge < -0.3 is 15.2 Å². The normalized spacial score (nSPS) is 10.1. The first-order valence-corrected chi connectivity index (χ1v) is 4.94. The highest BCUT2D eigenvalue weighted by Gasteiger charge is 2.13. The van der Waals surface area contributed by atoms with Crippen molar-refractivity contribution in [2.75, 3.05) is 13.7 Å². The summed E-state index contributed by atoms with van der Waals surface area (Å²) >= 11 is 0. The monoisotopic (exact) mass is 226 g/mol.